The van der Waals surface area contributed by atoms with E-state index in [2.05, 4.69) is 16.5 Å². The first-order valence-electron chi connectivity index (χ1n) is 5.60. The number of nitrogens with zero attached hydrogens (tertiary/aromatic N) is 2. The van der Waals surface area contributed by atoms with Gasteiger partial charge in [-0.3, -0.25) is 0 Å². The standard InChI is InChI=1S/C12H17N3O/c1-2-15-8-7-14-12(15)11(13)6-5-10-4-3-9-16-10/h3-4,7-9,11H,2,5-6,13H2,1H3. The van der Waals surface area contributed by atoms with Crippen LogP contribution in [0.3, 0.4) is 0 Å². The molecule has 0 amide bonds. The molecule has 4 heteroatoms. The van der Waals surface area contributed by atoms with Gasteiger partial charge in [0.25, 0.3) is 0 Å². The zero-order valence-corrected chi connectivity index (χ0v) is 9.47. The Kier molecular flexibility index (Phi) is 3.41. The Morgan fingerprint density at radius 2 is 2.44 bits per heavy atom. The van der Waals surface area contributed by atoms with E-state index in [1.165, 1.54) is 0 Å². The SMILES string of the molecule is CCn1ccnc1C(N)CCc1ccco1. The zero-order chi connectivity index (χ0) is 11.4. The van der Waals surface area contributed by atoms with Gasteiger partial charge in [0.05, 0.1) is 12.3 Å². The van der Waals surface area contributed by atoms with Crippen molar-refractivity contribution in [2.24, 2.45) is 5.73 Å². The number of hydrogen-bond donors (Lipinski definition) is 1. The molecule has 0 bridgehead atoms. The number of imidazole rings is 1. The largest absolute Gasteiger partial charge is 0.469 e. The maximum absolute atomic E-state index is 6.11. The molecule has 0 fully saturated rings. The molecule has 0 aromatic carbocycles. The van der Waals surface area contributed by atoms with Gasteiger partial charge in [0.2, 0.25) is 0 Å². The van der Waals surface area contributed by atoms with Crippen molar-refractivity contribution < 1.29 is 4.42 Å². The average molecular weight is 219 g/mol. The van der Waals surface area contributed by atoms with Crippen LogP contribution in [0, 0.1) is 0 Å². The van der Waals surface area contributed by atoms with E-state index in [1.54, 1.807) is 12.5 Å². The minimum absolute atomic E-state index is 0.0277. The summed E-state index contributed by atoms with van der Waals surface area (Å²) in [6.07, 6.45) is 7.15. The number of hydrogen-bond acceptors (Lipinski definition) is 3. The molecule has 2 aromatic rings. The highest BCUT2D eigenvalue weighted by atomic mass is 16.3. The smallest absolute Gasteiger partial charge is 0.125 e. The zero-order valence-electron chi connectivity index (χ0n) is 9.47. The van der Waals surface area contributed by atoms with Gasteiger partial charge in [-0.05, 0) is 25.5 Å². The first-order valence-corrected chi connectivity index (χ1v) is 5.60. The van der Waals surface area contributed by atoms with Crippen molar-refractivity contribution in [1.82, 2.24) is 9.55 Å². The Morgan fingerprint density at radius 1 is 1.56 bits per heavy atom. The predicted octanol–water partition coefficient (Wildman–Crippen LogP) is 2.13. The van der Waals surface area contributed by atoms with Crippen molar-refractivity contribution in [3.05, 3.63) is 42.4 Å². The molecule has 86 valence electrons. The molecule has 2 rings (SSSR count). The van der Waals surface area contributed by atoms with Gasteiger partial charge in [0.15, 0.2) is 0 Å². The Morgan fingerprint density at radius 3 is 3.12 bits per heavy atom. The van der Waals surface area contributed by atoms with Crippen molar-refractivity contribution in [2.75, 3.05) is 0 Å². The number of aromatic nitrogens is 2. The maximum atomic E-state index is 6.11. The molecule has 16 heavy (non-hydrogen) atoms. The Balaban J connectivity index is 1.95. The molecule has 0 radical (unpaired) electrons. The summed E-state index contributed by atoms with van der Waals surface area (Å²) in [6, 6.07) is 3.84. The molecule has 0 aliphatic rings. The quantitative estimate of drug-likeness (QED) is 0.838. The van der Waals surface area contributed by atoms with Crippen LogP contribution in [0.4, 0.5) is 0 Å². The lowest BCUT2D eigenvalue weighted by atomic mass is 10.1. The molecule has 0 saturated carbocycles. The van der Waals surface area contributed by atoms with E-state index >= 15 is 0 Å². The molecule has 0 aliphatic heterocycles. The normalized spacial score (nSPS) is 12.9. The summed E-state index contributed by atoms with van der Waals surface area (Å²) in [5.41, 5.74) is 6.11. The van der Waals surface area contributed by atoms with Crippen LogP contribution in [0.1, 0.15) is 31.0 Å². The van der Waals surface area contributed by atoms with E-state index in [0.717, 1.165) is 31.0 Å². The highest BCUT2D eigenvalue weighted by Gasteiger charge is 2.12. The molecule has 0 saturated heterocycles. The Bertz CT molecular complexity index is 419. The fourth-order valence-corrected chi connectivity index (χ4v) is 1.80. The van der Waals surface area contributed by atoms with E-state index < -0.39 is 0 Å². The van der Waals surface area contributed by atoms with Crippen LogP contribution in [0.15, 0.2) is 35.2 Å². The lowest BCUT2D eigenvalue weighted by molar-refractivity contribution is 0.478. The van der Waals surface area contributed by atoms with Crippen LogP contribution < -0.4 is 5.73 Å². The maximum Gasteiger partial charge on any atom is 0.125 e. The van der Waals surface area contributed by atoms with Gasteiger partial charge < -0.3 is 14.7 Å². The molecule has 4 nitrogen and oxygen atoms in total. The van der Waals surface area contributed by atoms with Gasteiger partial charge in [-0.1, -0.05) is 0 Å². The van der Waals surface area contributed by atoms with Crippen molar-refractivity contribution in [3.63, 3.8) is 0 Å². The third-order valence-electron chi connectivity index (χ3n) is 2.70. The van der Waals surface area contributed by atoms with Crippen LogP contribution in [0.2, 0.25) is 0 Å². The summed E-state index contributed by atoms with van der Waals surface area (Å²) in [4.78, 5) is 4.29. The molecule has 2 heterocycles. The lowest BCUT2D eigenvalue weighted by Crippen LogP contribution is -2.17. The Hall–Kier alpha value is -1.55. The molecule has 0 aliphatic carbocycles. The topological polar surface area (TPSA) is 57.0 Å². The first-order chi connectivity index (χ1) is 7.81. The third-order valence-corrected chi connectivity index (χ3v) is 2.70. The second kappa shape index (κ2) is 4.99. The van der Waals surface area contributed by atoms with Gasteiger partial charge in [0, 0.05) is 25.4 Å². The summed E-state index contributed by atoms with van der Waals surface area (Å²) in [6.45, 7) is 2.99. The Labute approximate surface area is 95.1 Å². The second-order valence-electron chi connectivity index (χ2n) is 3.80. The fraction of sp³-hybridized carbons (Fsp3) is 0.417. The summed E-state index contributed by atoms with van der Waals surface area (Å²) < 4.78 is 7.35. The van der Waals surface area contributed by atoms with Crippen LogP contribution in [0.5, 0.6) is 0 Å². The molecule has 0 spiro atoms. The van der Waals surface area contributed by atoms with Crippen LogP contribution >= 0.6 is 0 Å². The van der Waals surface area contributed by atoms with E-state index in [0.29, 0.717) is 0 Å². The third kappa shape index (κ3) is 2.33. The molecule has 1 unspecified atom stereocenters. The lowest BCUT2D eigenvalue weighted by Gasteiger charge is -2.11. The second-order valence-corrected chi connectivity index (χ2v) is 3.80. The van der Waals surface area contributed by atoms with Crippen LogP contribution in [0.25, 0.3) is 0 Å². The fourth-order valence-electron chi connectivity index (χ4n) is 1.80. The molecule has 2 aromatic heterocycles. The molecule has 1 atom stereocenters. The number of nitrogens with two attached hydrogens (primary N) is 1. The monoisotopic (exact) mass is 219 g/mol. The van der Waals surface area contributed by atoms with Crippen molar-refractivity contribution in [2.45, 2.75) is 32.4 Å². The highest BCUT2D eigenvalue weighted by Crippen LogP contribution is 2.15. The summed E-state index contributed by atoms with van der Waals surface area (Å²) >= 11 is 0. The van der Waals surface area contributed by atoms with Gasteiger partial charge >= 0.3 is 0 Å². The highest BCUT2D eigenvalue weighted by molar-refractivity contribution is 5.02. The van der Waals surface area contributed by atoms with Crippen LogP contribution in [-0.4, -0.2) is 9.55 Å². The van der Waals surface area contributed by atoms with E-state index in [-0.39, 0.29) is 6.04 Å². The van der Waals surface area contributed by atoms with Gasteiger partial charge in [-0.2, -0.15) is 0 Å². The van der Waals surface area contributed by atoms with Crippen LogP contribution in [-0.2, 0) is 13.0 Å². The van der Waals surface area contributed by atoms with E-state index in [9.17, 15) is 0 Å². The predicted molar refractivity (Wildman–Crippen MR) is 61.9 cm³/mol. The van der Waals surface area contributed by atoms with E-state index in [4.69, 9.17) is 10.2 Å². The summed E-state index contributed by atoms with van der Waals surface area (Å²) in [5.74, 6) is 1.93. The minimum atomic E-state index is -0.0277. The van der Waals surface area contributed by atoms with Crippen molar-refractivity contribution >= 4 is 0 Å². The minimum Gasteiger partial charge on any atom is -0.469 e. The molecule has 2 N–H and O–H groups in total. The van der Waals surface area contributed by atoms with Crippen molar-refractivity contribution in [3.8, 4) is 0 Å². The summed E-state index contributed by atoms with van der Waals surface area (Å²) in [7, 11) is 0. The molecular formula is C12H17N3O. The molecular weight excluding hydrogens is 202 g/mol. The van der Waals surface area contributed by atoms with Gasteiger partial charge in [0.1, 0.15) is 11.6 Å². The van der Waals surface area contributed by atoms with Gasteiger partial charge in [-0.25, -0.2) is 4.98 Å². The van der Waals surface area contributed by atoms with Gasteiger partial charge in [-0.15, -0.1) is 0 Å². The van der Waals surface area contributed by atoms with Crippen molar-refractivity contribution in [1.29, 1.82) is 0 Å². The number of furan rings is 1. The number of aryl methyl sites for hydroxylation is 2. The average Bonchev–Trinajstić information content (AvgIpc) is 2.96. The van der Waals surface area contributed by atoms with E-state index in [1.807, 2.05) is 18.3 Å². The number of rotatable bonds is 5. The first kappa shape index (κ1) is 11.0. The summed E-state index contributed by atoms with van der Waals surface area (Å²) in [5, 5.41) is 0.